The van der Waals surface area contributed by atoms with Crippen molar-refractivity contribution in [2.75, 3.05) is 24.0 Å². The summed E-state index contributed by atoms with van der Waals surface area (Å²) in [6.45, 7) is 2.81. The largest absolute Gasteiger partial charge is 0.454 e. The number of aryl methyl sites for hydroxylation is 1. The van der Waals surface area contributed by atoms with Crippen molar-refractivity contribution in [1.29, 1.82) is 0 Å². The first-order valence-electron chi connectivity index (χ1n) is 7.21. The number of nitrogens with one attached hydrogen (secondary N) is 2. The number of anilines is 2. The molecule has 2 aromatic rings. The van der Waals surface area contributed by atoms with Gasteiger partial charge in [-0.2, -0.15) is 0 Å². The van der Waals surface area contributed by atoms with Gasteiger partial charge in [0.2, 0.25) is 12.7 Å². The number of hydrogen-bond donors (Lipinski definition) is 2. The minimum absolute atomic E-state index is 0.0150. The van der Waals surface area contributed by atoms with Gasteiger partial charge in [-0.1, -0.05) is 12.1 Å². The monoisotopic (exact) mass is 298 g/mol. The predicted molar refractivity (Wildman–Crippen MR) is 85.5 cm³/mol. The smallest absolute Gasteiger partial charge is 0.231 e. The highest BCUT2D eigenvalue weighted by Crippen LogP contribution is 2.34. The van der Waals surface area contributed by atoms with Gasteiger partial charge >= 0.3 is 0 Å². The highest BCUT2D eigenvalue weighted by Gasteiger charge is 2.13. The summed E-state index contributed by atoms with van der Waals surface area (Å²) in [5.41, 5.74) is 2.86. The van der Waals surface area contributed by atoms with Crippen molar-refractivity contribution in [3.63, 3.8) is 0 Å². The number of ether oxygens (including phenoxy) is 2. The molecule has 1 heterocycles. The van der Waals surface area contributed by atoms with Crippen molar-refractivity contribution in [3.8, 4) is 11.5 Å². The van der Waals surface area contributed by atoms with Crippen LogP contribution in [0.1, 0.15) is 12.0 Å². The van der Waals surface area contributed by atoms with Crippen LogP contribution in [0.2, 0.25) is 0 Å². The molecule has 0 radical (unpaired) electrons. The van der Waals surface area contributed by atoms with Gasteiger partial charge in [-0.3, -0.25) is 4.79 Å². The molecule has 0 aliphatic carbocycles. The Labute approximate surface area is 129 Å². The van der Waals surface area contributed by atoms with E-state index < -0.39 is 0 Å². The van der Waals surface area contributed by atoms with Crippen molar-refractivity contribution < 1.29 is 14.3 Å². The lowest BCUT2D eigenvalue weighted by Gasteiger charge is -2.08. The topological polar surface area (TPSA) is 59.6 Å². The van der Waals surface area contributed by atoms with Gasteiger partial charge in [0.25, 0.3) is 0 Å². The third-order valence-electron chi connectivity index (χ3n) is 3.36. The number of amides is 1. The van der Waals surface area contributed by atoms with E-state index in [1.54, 1.807) is 0 Å². The van der Waals surface area contributed by atoms with E-state index >= 15 is 0 Å². The molecule has 0 atom stereocenters. The second kappa shape index (κ2) is 6.39. The van der Waals surface area contributed by atoms with Crippen LogP contribution in [0.5, 0.6) is 11.5 Å². The Kier molecular flexibility index (Phi) is 4.14. The molecule has 0 unspecified atom stereocenters. The third-order valence-corrected chi connectivity index (χ3v) is 3.36. The molecular formula is C17H18N2O3. The second-order valence-electron chi connectivity index (χ2n) is 5.16. The summed E-state index contributed by atoms with van der Waals surface area (Å²) in [4.78, 5) is 11.9. The van der Waals surface area contributed by atoms with Crippen LogP contribution in [0.3, 0.4) is 0 Å². The van der Waals surface area contributed by atoms with Gasteiger partial charge in [-0.25, -0.2) is 0 Å². The Bertz CT molecular complexity index is 685. The zero-order chi connectivity index (χ0) is 15.4. The number of fused-ring (bicyclic) bond motifs is 1. The predicted octanol–water partition coefficient (Wildman–Crippen LogP) is 3.16. The number of rotatable bonds is 5. The second-order valence-corrected chi connectivity index (χ2v) is 5.16. The first-order valence-corrected chi connectivity index (χ1v) is 7.21. The van der Waals surface area contributed by atoms with Crippen molar-refractivity contribution >= 4 is 17.3 Å². The molecule has 0 saturated carbocycles. The number of carbonyl (C=O) groups excluding carboxylic acids is 1. The number of benzene rings is 2. The molecule has 1 aliphatic heterocycles. The minimum Gasteiger partial charge on any atom is -0.454 e. The average Bonchev–Trinajstić information content (AvgIpc) is 2.95. The summed E-state index contributed by atoms with van der Waals surface area (Å²) in [6, 6.07) is 13.4. The molecule has 0 aromatic heterocycles. The Balaban J connectivity index is 1.47. The highest BCUT2D eigenvalue weighted by atomic mass is 16.7. The molecule has 3 rings (SSSR count). The quantitative estimate of drug-likeness (QED) is 0.890. The van der Waals surface area contributed by atoms with E-state index in [1.807, 2.05) is 49.4 Å². The SMILES string of the molecule is Cc1cccc(NC(=O)CCNc2ccc3c(c2)OCO3)c1. The maximum absolute atomic E-state index is 11.9. The summed E-state index contributed by atoms with van der Waals surface area (Å²) in [5.74, 6) is 1.47. The fraction of sp³-hybridized carbons (Fsp3) is 0.235. The normalized spacial score (nSPS) is 12.0. The maximum atomic E-state index is 11.9. The number of hydrogen-bond acceptors (Lipinski definition) is 4. The van der Waals surface area contributed by atoms with Gasteiger partial charge in [0.15, 0.2) is 11.5 Å². The van der Waals surface area contributed by atoms with Crippen LogP contribution in [0, 0.1) is 6.92 Å². The molecular weight excluding hydrogens is 280 g/mol. The van der Waals surface area contributed by atoms with Gasteiger partial charge in [0, 0.05) is 30.4 Å². The van der Waals surface area contributed by atoms with E-state index in [2.05, 4.69) is 10.6 Å². The highest BCUT2D eigenvalue weighted by molar-refractivity contribution is 5.91. The first-order chi connectivity index (χ1) is 10.7. The Hall–Kier alpha value is -2.69. The summed E-state index contributed by atoms with van der Waals surface area (Å²) in [5, 5.41) is 6.09. The van der Waals surface area contributed by atoms with Crippen LogP contribution in [-0.4, -0.2) is 19.2 Å². The molecule has 1 amide bonds. The van der Waals surface area contributed by atoms with Crippen LogP contribution in [0.25, 0.3) is 0 Å². The van der Waals surface area contributed by atoms with Gasteiger partial charge in [-0.15, -0.1) is 0 Å². The lowest BCUT2D eigenvalue weighted by atomic mass is 10.2. The summed E-state index contributed by atoms with van der Waals surface area (Å²) < 4.78 is 10.6. The summed E-state index contributed by atoms with van der Waals surface area (Å²) in [7, 11) is 0. The van der Waals surface area contributed by atoms with E-state index in [9.17, 15) is 4.79 Å². The molecule has 5 nitrogen and oxygen atoms in total. The van der Waals surface area contributed by atoms with Crippen LogP contribution in [-0.2, 0) is 4.79 Å². The molecule has 0 bridgehead atoms. The maximum Gasteiger partial charge on any atom is 0.231 e. The van der Waals surface area contributed by atoms with E-state index in [4.69, 9.17) is 9.47 Å². The number of carbonyl (C=O) groups is 1. The van der Waals surface area contributed by atoms with Crippen LogP contribution < -0.4 is 20.1 Å². The molecule has 0 saturated heterocycles. The van der Waals surface area contributed by atoms with Crippen molar-refractivity contribution in [2.45, 2.75) is 13.3 Å². The van der Waals surface area contributed by atoms with Gasteiger partial charge in [0.1, 0.15) is 0 Å². The Morgan fingerprint density at radius 1 is 1.09 bits per heavy atom. The lowest BCUT2D eigenvalue weighted by molar-refractivity contribution is -0.115. The van der Waals surface area contributed by atoms with E-state index in [0.717, 1.165) is 28.4 Å². The molecule has 2 aromatic carbocycles. The molecule has 0 spiro atoms. The molecule has 114 valence electrons. The zero-order valence-corrected chi connectivity index (χ0v) is 12.4. The van der Waals surface area contributed by atoms with E-state index in [0.29, 0.717) is 13.0 Å². The molecule has 22 heavy (non-hydrogen) atoms. The third kappa shape index (κ3) is 3.49. The van der Waals surface area contributed by atoms with Crippen LogP contribution in [0.15, 0.2) is 42.5 Å². The zero-order valence-electron chi connectivity index (χ0n) is 12.4. The van der Waals surface area contributed by atoms with E-state index in [-0.39, 0.29) is 12.7 Å². The van der Waals surface area contributed by atoms with Crippen LogP contribution >= 0.6 is 0 Å². The Morgan fingerprint density at radius 3 is 2.82 bits per heavy atom. The van der Waals surface area contributed by atoms with Gasteiger partial charge in [0.05, 0.1) is 0 Å². The molecule has 0 fully saturated rings. The average molecular weight is 298 g/mol. The summed E-state index contributed by atoms with van der Waals surface area (Å²) >= 11 is 0. The lowest BCUT2D eigenvalue weighted by Crippen LogP contribution is -2.16. The fourth-order valence-electron chi connectivity index (χ4n) is 2.27. The molecule has 2 N–H and O–H groups in total. The van der Waals surface area contributed by atoms with Crippen LogP contribution in [0.4, 0.5) is 11.4 Å². The summed E-state index contributed by atoms with van der Waals surface area (Å²) in [6.07, 6.45) is 0.391. The van der Waals surface area contributed by atoms with Crippen molar-refractivity contribution in [1.82, 2.24) is 0 Å². The van der Waals surface area contributed by atoms with Gasteiger partial charge in [-0.05, 0) is 36.8 Å². The Morgan fingerprint density at radius 2 is 1.95 bits per heavy atom. The van der Waals surface area contributed by atoms with Crippen molar-refractivity contribution in [3.05, 3.63) is 48.0 Å². The first kappa shape index (κ1) is 14.3. The molecule has 5 heteroatoms. The van der Waals surface area contributed by atoms with Gasteiger partial charge < -0.3 is 20.1 Å². The van der Waals surface area contributed by atoms with Crippen molar-refractivity contribution in [2.24, 2.45) is 0 Å². The standard InChI is InChI=1S/C17H18N2O3/c1-12-3-2-4-14(9-12)19-17(20)7-8-18-13-5-6-15-16(10-13)22-11-21-15/h2-6,9-10,18H,7-8,11H2,1H3,(H,19,20). The fourth-order valence-corrected chi connectivity index (χ4v) is 2.27. The van der Waals surface area contributed by atoms with E-state index in [1.165, 1.54) is 0 Å². The minimum atomic E-state index is -0.0150. The molecule has 1 aliphatic rings.